The van der Waals surface area contributed by atoms with Gasteiger partial charge in [-0.2, -0.15) is 4.57 Å². The average Bonchev–Trinajstić information content (AvgIpc) is 3.27. The molecule has 2 aromatic heterocycles. The molecule has 6 aromatic rings. The summed E-state index contributed by atoms with van der Waals surface area (Å²) in [6, 6.07) is 27.0. The van der Waals surface area contributed by atoms with Crippen molar-refractivity contribution in [2.45, 2.75) is 33.1 Å². The van der Waals surface area contributed by atoms with Crippen LogP contribution in [0.5, 0.6) is 0 Å². The van der Waals surface area contributed by atoms with Crippen molar-refractivity contribution in [3.05, 3.63) is 114 Å². The number of hydrogen-bond donors (Lipinski definition) is 0. The van der Waals surface area contributed by atoms with Gasteiger partial charge in [-0.15, -0.1) is 0 Å². The van der Waals surface area contributed by atoms with Crippen molar-refractivity contribution in [3.63, 3.8) is 0 Å². The molecule has 0 spiro atoms. The van der Waals surface area contributed by atoms with Gasteiger partial charge in [0.05, 0.1) is 11.1 Å². The molecule has 0 radical (unpaired) electrons. The van der Waals surface area contributed by atoms with Crippen molar-refractivity contribution >= 4 is 21.9 Å². The highest BCUT2D eigenvalue weighted by atomic mass is 19.1. The van der Waals surface area contributed by atoms with Gasteiger partial charge < -0.3 is 4.42 Å². The van der Waals surface area contributed by atoms with Crippen LogP contribution in [0, 0.1) is 18.6 Å². The molecule has 0 amide bonds. The van der Waals surface area contributed by atoms with Crippen LogP contribution in [-0.2, 0) is 12.5 Å². The highest BCUT2D eigenvalue weighted by Gasteiger charge is 2.23. The number of aryl methyl sites for hydroxylation is 2. The van der Waals surface area contributed by atoms with E-state index in [0.29, 0.717) is 16.7 Å². The summed E-state index contributed by atoms with van der Waals surface area (Å²) in [7, 11) is 1.81. The minimum Gasteiger partial charge on any atom is -0.454 e. The Hall–Kier alpha value is -4.31. The lowest BCUT2D eigenvalue weighted by Crippen LogP contribution is -2.31. The number of aromatic nitrogens is 1. The summed E-state index contributed by atoms with van der Waals surface area (Å²) in [6.07, 6.45) is 1.44. The van der Waals surface area contributed by atoms with Crippen LogP contribution in [0.1, 0.15) is 31.9 Å². The zero-order valence-corrected chi connectivity index (χ0v) is 22.8. The Morgan fingerprint density at radius 1 is 0.641 bits per heavy atom. The summed E-state index contributed by atoms with van der Waals surface area (Å²) in [5.74, 6) is -0.650. The first kappa shape index (κ1) is 25.0. The predicted molar refractivity (Wildman–Crippen MR) is 155 cm³/mol. The summed E-state index contributed by atoms with van der Waals surface area (Å²) in [6.45, 7) is 8.61. The number of benzene rings is 4. The fourth-order valence-corrected chi connectivity index (χ4v) is 5.39. The van der Waals surface area contributed by atoms with Crippen molar-refractivity contribution in [1.82, 2.24) is 0 Å². The molecule has 0 saturated heterocycles. The zero-order chi connectivity index (χ0) is 27.5. The predicted octanol–water partition coefficient (Wildman–Crippen LogP) is 9.30. The largest absolute Gasteiger partial charge is 0.454 e. The number of halogens is 2. The van der Waals surface area contributed by atoms with Gasteiger partial charge in [0.2, 0.25) is 11.9 Å². The molecular weight excluding hydrogens is 488 g/mol. The molecule has 0 aliphatic heterocycles. The molecule has 0 atom stereocenters. The average molecular weight is 519 g/mol. The first-order valence-corrected chi connectivity index (χ1v) is 13.1. The second kappa shape index (κ2) is 9.16. The van der Waals surface area contributed by atoms with Gasteiger partial charge in [-0.25, -0.2) is 8.78 Å². The normalized spacial score (nSPS) is 12.0. The second-order valence-electron chi connectivity index (χ2n) is 11.3. The molecule has 4 heteroatoms. The highest BCUT2D eigenvalue weighted by Crippen LogP contribution is 2.42. The minimum absolute atomic E-state index is 0.0949. The molecule has 6 rings (SSSR count). The Morgan fingerprint density at radius 3 is 1.82 bits per heavy atom. The number of fused-ring (bicyclic) bond motifs is 3. The van der Waals surface area contributed by atoms with E-state index in [1.54, 1.807) is 16.7 Å². The van der Waals surface area contributed by atoms with Gasteiger partial charge >= 0.3 is 0 Å². The lowest BCUT2D eigenvalue weighted by Gasteiger charge is -2.19. The molecule has 2 nitrogen and oxygen atoms in total. The molecule has 0 fully saturated rings. The van der Waals surface area contributed by atoms with E-state index >= 15 is 4.39 Å². The summed E-state index contributed by atoms with van der Waals surface area (Å²) < 4.78 is 37.5. The monoisotopic (exact) mass is 518 g/mol. The highest BCUT2D eigenvalue weighted by molar-refractivity contribution is 6.13. The lowest BCUT2D eigenvalue weighted by atomic mass is 9.86. The van der Waals surface area contributed by atoms with E-state index in [2.05, 4.69) is 45.0 Å². The van der Waals surface area contributed by atoms with Crippen LogP contribution >= 0.6 is 0 Å². The summed E-state index contributed by atoms with van der Waals surface area (Å²) in [4.78, 5) is 0. The third-order valence-corrected chi connectivity index (χ3v) is 7.58. The van der Waals surface area contributed by atoms with Crippen LogP contribution in [0.2, 0.25) is 0 Å². The third kappa shape index (κ3) is 4.30. The van der Waals surface area contributed by atoms with Gasteiger partial charge in [0.15, 0.2) is 5.82 Å². The smallest absolute Gasteiger partial charge is 0.216 e. The molecule has 194 valence electrons. The van der Waals surface area contributed by atoms with Crippen molar-refractivity contribution in [2.75, 3.05) is 0 Å². The van der Waals surface area contributed by atoms with E-state index in [-0.39, 0.29) is 17.0 Å². The van der Waals surface area contributed by atoms with Gasteiger partial charge in [0.1, 0.15) is 24.0 Å². The molecule has 39 heavy (non-hydrogen) atoms. The molecule has 0 saturated carbocycles. The molecule has 0 unspecified atom stereocenters. The minimum atomic E-state index is -0.338. The zero-order valence-electron chi connectivity index (χ0n) is 22.8. The van der Waals surface area contributed by atoms with Gasteiger partial charge in [0.25, 0.3) is 0 Å². The summed E-state index contributed by atoms with van der Waals surface area (Å²) >= 11 is 0. The van der Waals surface area contributed by atoms with Crippen molar-refractivity contribution < 1.29 is 17.8 Å². The second-order valence-corrected chi connectivity index (χ2v) is 11.3. The number of furan rings is 1. The van der Waals surface area contributed by atoms with E-state index in [0.717, 1.165) is 44.3 Å². The molecule has 2 heterocycles. The SMILES string of the molecule is Cc1ccc2c(oc3c(-c4ccc(-c5ccc(C(C)(C)C)cc5)cc4)c(F)ccc32)c1-c1ccc(F)c[n+]1C. The summed E-state index contributed by atoms with van der Waals surface area (Å²) in [5, 5.41) is 1.74. The fraction of sp³-hybridized carbons (Fsp3) is 0.171. The van der Waals surface area contributed by atoms with Crippen LogP contribution in [0.15, 0.2) is 95.5 Å². The van der Waals surface area contributed by atoms with E-state index in [4.69, 9.17) is 4.42 Å². The van der Waals surface area contributed by atoms with Gasteiger partial charge in [-0.05, 0) is 58.4 Å². The maximum atomic E-state index is 15.4. The Balaban J connectivity index is 1.49. The Kier molecular flexibility index (Phi) is 5.87. The molecule has 0 aliphatic rings. The van der Waals surface area contributed by atoms with Crippen LogP contribution in [0.25, 0.3) is 55.4 Å². The number of nitrogens with zero attached hydrogens (tertiary/aromatic N) is 1. The van der Waals surface area contributed by atoms with E-state index in [1.165, 1.54) is 23.9 Å². The number of hydrogen-bond acceptors (Lipinski definition) is 1. The fourth-order valence-electron chi connectivity index (χ4n) is 5.39. The van der Waals surface area contributed by atoms with Crippen molar-refractivity contribution in [1.29, 1.82) is 0 Å². The lowest BCUT2D eigenvalue weighted by molar-refractivity contribution is -0.661. The molecule has 4 aromatic carbocycles. The molecular formula is C35H30F2NO+. The van der Waals surface area contributed by atoms with E-state index < -0.39 is 0 Å². The molecule has 0 N–H and O–H groups in total. The first-order chi connectivity index (χ1) is 18.6. The van der Waals surface area contributed by atoms with Crippen molar-refractivity contribution in [3.8, 4) is 33.5 Å². The van der Waals surface area contributed by atoms with Gasteiger partial charge in [-0.1, -0.05) is 81.4 Å². The quantitative estimate of drug-likeness (QED) is 0.213. The maximum absolute atomic E-state index is 15.4. The third-order valence-electron chi connectivity index (χ3n) is 7.58. The van der Waals surface area contributed by atoms with Crippen LogP contribution in [0.3, 0.4) is 0 Å². The van der Waals surface area contributed by atoms with Gasteiger partial charge in [-0.3, -0.25) is 0 Å². The topological polar surface area (TPSA) is 17.0 Å². The number of pyridine rings is 1. The Morgan fingerprint density at radius 2 is 1.21 bits per heavy atom. The molecule has 0 aliphatic carbocycles. The van der Waals surface area contributed by atoms with Crippen LogP contribution in [0.4, 0.5) is 8.78 Å². The number of rotatable bonds is 3. The van der Waals surface area contributed by atoms with E-state index in [1.807, 2.05) is 50.4 Å². The Labute approximate surface area is 227 Å². The van der Waals surface area contributed by atoms with Gasteiger partial charge in [0, 0.05) is 16.8 Å². The Bertz CT molecular complexity index is 1860. The maximum Gasteiger partial charge on any atom is 0.216 e. The van der Waals surface area contributed by atoms with Crippen LogP contribution < -0.4 is 4.57 Å². The molecule has 0 bridgehead atoms. The van der Waals surface area contributed by atoms with Crippen molar-refractivity contribution in [2.24, 2.45) is 7.05 Å². The van der Waals surface area contributed by atoms with E-state index in [9.17, 15) is 4.39 Å². The standard InChI is InChI=1S/C35H30F2NO/c1-21-6-16-27-28-17-18-29(37)32(34(28)39-33(27)31(21)30-19-15-26(36)20-38(30)5)24-9-7-22(8-10-24)23-11-13-25(14-12-23)35(2,3)4/h6-20H,1-5H3/q+1. The first-order valence-electron chi connectivity index (χ1n) is 13.1. The van der Waals surface area contributed by atoms with Crippen LogP contribution in [-0.4, -0.2) is 0 Å². The summed E-state index contributed by atoms with van der Waals surface area (Å²) in [5.41, 5.74) is 8.59.